The SMILES string of the molecule is O=C1ON(Cc2ccccc2)C(=O)C(C2CC2)(C2CC2)O1. The Hall–Kier alpha value is -2.04. The highest BCUT2D eigenvalue weighted by molar-refractivity contribution is 5.90. The molecule has 0 spiro atoms. The molecule has 1 aromatic carbocycles. The van der Waals surface area contributed by atoms with Crippen LogP contribution in [-0.2, 0) is 20.9 Å². The summed E-state index contributed by atoms with van der Waals surface area (Å²) >= 11 is 0. The van der Waals surface area contributed by atoms with Gasteiger partial charge in [0.05, 0.1) is 6.54 Å². The van der Waals surface area contributed by atoms with Crippen LogP contribution in [0.2, 0.25) is 0 Å². The van der Waals surface area contributed by atoms with Crippen LogP contribution in [0.1, 0.15) is 31.2 Å². The van der Waals surface area contributed by atoms with E-state index in [1.165, 1.54) is 5.06 Å². The van der Waals surface area contributed by atoms with E-state index in [-0.39, 0.29) is 24.3 Å². The van der Waals surface area contributed by atoms with Crippen LogP contribution in [0.15, 0.2) is 30.3 Å². The minimum atomic E-state index is -0.954. The summed E-state index contributed by atoms with van der Waals surface area (Å²) in [5.41, 5.74) is -0.0227. The van der Waals surface area contributed by atoms with Gasteiger partial charge in [-0.15, -0.1) is 0 Å². The Morgan fingerprint density at radius 1 is 1.05 bits per heavy atom. The zero-order valence-electron chi connectivity index (χ0n) is 11.7. The van der Waals surface area contributed by atoms with Gasteiger partial charge in [-0.2, -0.15) is 5.06 Å². The lowest BCUT2D eigenvalue weighted by molar-refractivity contribution is -0.230. The smallest absolute Gasteiger partial charge is 0.415 e. The molecule has 2 aliphatic carbocycles. The number of ether oxygens (including phenoxy) is 1. The quantitative estimate of drug-likeness (QED) is 0.799. The van der Waals surface area contributed by atoms with Crippen molar-refractivity contribution in [3.63, 3.8) is 0 Å². The lowest BCUT2D eigenvalue weighted by Gasteiger charge is -2.39. The molecule has 21 heavy (non-hydrogen) atoms. The van der Waals surface area contributed by atoms with Crippen LogP contribution < -0.4 is 0 Å². The highest BCUT2D eigenvalue weighted by atomic mass is 16.8. The van der Waals surface area contributed by atoms with Crippen molar-refractivity contribution < 1.29 is 19.2 Å². The molecular weight excluding hydrogens is 270 g/mol. The van der Waals surface area contributed by atoms with Crippen LogP contribution in [0.5, 0.6) is 0 Å². The molecule has 1 aromatic rings. The first-order chi connectivity index (χ1) is 10.2. The van der Waals surface area contributed by atoms with Gasteiger partial charge in [0.25, 0.3) is 0 Å². The van der Waals surface area contributed by atoms with Crippen molar-refractivity contribution >= 4 is 12.1 Å². The second-order valence-corrected chi connectivity index (χ2v) is 6.11. The Morgan fingerprint density at radius 2 is 1.67 bits per heavy atom. The zero-order valence-corrected chi connectivity index (χ0v) is 11.7. The van der Waals surface area contributed by atoms with Gasteiger partial charge in [0.1, 0.15) is 0 Å². The van der Waals surface area contributed by atoms with E-state index in [1.54, 1.807) is 0 Å². The average molecular weight is 287 g/mol. The number of rotatable bonds is 4. The van der Waals surface area contributed by atoms with Gasteiger partial charge in [-0.1, -0.05) is 30.3 Å². The van der Waals surface area contributed by atoms with Crippen LogP contribution in [0, 0.1) is 11.8 Å². The summed E-state index contributed by atoms with van der Waals surface area (Å²) in [4.78, 5) is 29.8. The van der Waals surface area contributed by atoms with Crippen molar-refractivity contribution in [1.82, 2.24) is 5.06 Å². The van der Waals surface area contributed by atoms with Crippen LogP contribution in [0.4, 0.5) is 4.79 Å². The molecule has 0 N–H and O–H groups in total. The van der Waals surface area contributed by atoms with E-state index >= 15 is 0 Å². The molecule has 1 heterocycles. The fourth-order valence-electron chi connectivity index (χ4n) is 3.25. The van der Waals surface area contributed by atoms with Crippen molar-refractivity contribution in [2.75, 3.05) is 0 Å². The van der Waals surface area contributed by atoms with Gasteiger partial charge in [0.2, 0.25) is 5.60 Å². The lowest BCUT2D eigenvalue weighted by Crippen LogP contribution is -2.59. The number of hydrogen-bond donors (Lipinski definition) is 0. The summed E-state index contributed by atoms with van der Waals surface area (Å²) in [5.74, 6) is 0.156. The fourth-order valence-corrected chi connectivity index (χ4v) is 3.25. The number of hydroxylamine groups is 2. The topological polar surface area (TPSA) is 55.8 Å². The number of carbonyl (C=O) groups is 2. The standard InChI is InChI=1S/C16H17NO4/c18-14-16(12-6-7-12,13-8-9-13)20-15(19)21-17(14)10-11-4-2-1-3-5-11/h1-5,12-13H,6-10H2. The van der Waals surface area contributed by atoms with E-state index in [0.29, 0.717) is 0 Å². The second-order valence-electron chi connectivity index (χ2n) is 6.11. The minimum absolute atomic E-state index is 0.170. The maximum absolute atomic E-state index is 12.9. The van der Waals surface area contributed by atoms with E-state index in [4.69, 9.17) is 9.57 Å². The summed E-state index contributed by atoms with van der Waals surface area (Å²) < 4.78 is 5.45. The van der Waals surface area contributed by atoms with Gasteiger partial charge in [-0.3, -0.25) is 4.79 Å². The van der Waals surface area contributed by atoms with Gasteiger partial charge in [0.15, 0.2) is 0 Å². The van der Waals surface area contributed by atoms with E-state index < -0.39 is 11.8 Å². The number of cyclic esters (lactones) is 1. The maximum atomic E-state index is 12.9. The summed E-state index contributed by atoms with van der Waals surface area (Å²) in [6, 6.07) is 9.53. The molecule has 2 saturated carbocycles. The van der Waals surface area contributed by atoms with Crippen molar-refractivity contribution in [1.29, 1.82) is 0 Å². The van der Waals surface area contributed by atoms with Gasteiger partial charge in [-0.25, -0.2) is 4.79 Å². The predicted molar refractivity (Wildman–Crippen MR) is 72.7 cm³/mol. The van der Waals surface area contributed by atoms with Gasteiger partial charge in [0, 0.05) is 11.8 Å². The molecule has 0 radical (unpaired) electrons. The summed E-state index contributed by atoms with van der Waals surface area (Å²) in [5, 5.41) is 1.19. The number of nitrogens with zero attached hydrogens (tertiary/aromatic N) is 1. The van der Waals surface area contributed by atoms with Gasteiger partial charge >= 0.3 is 12.1 Å². The maximum Gasteiger partial charge on any atom is 0.534 e. The van der Waals surface area contributed by atoms with Gasteiger partial charge in [-0.05, 0) is 31.2 Å². The first-order valence-electron chi connectivity index (χ1n) is 7.47. The molecule has 1 aliphatic heterocycles. The number of hydrogen-bond acceptors (Lipinski definition) is 4. The summed E-state index contributed by atoms with van der Waals surface area (Å²) in [6.45, 7) is 0.274. The van der Waals surface area contributed by atoms with E-state index in [2.05, 4.69) is 0 Å². The summed E-state index contributed by atoms with van der Waals surface area (Å²) in [7, 11) is 0. The third-order valence-electron chi connectivity index (χ3n) is 4.53. The Bertz CT molecular complexity index is 565. The van der Waals surface area contributed by atoms with Crippen molar-refractivity contribution in [3.05, 3.63) is 35.9 Å². The first kappa shape index (κ1) is 12.7. The largest absolute Gasteiger partial charge is 0.534 e. The first-order valence-corrected chi connectivity index (χ1v) is 7.47. The molecule has 5 nitrogen and oxygen atoms in total. The van der Waals surface area contributed by atoms with Crippen molar-refractivity contribution in [2.24, 2.45) is 11.8 Å². The molecular formula is C16H17NO4. The number of benzene rings is 1. The third-order valence-corrected chi connectivity index (χ3v) is 4.53. The minimum Gasteiger partial charge on any atom is -0.415 e. The number of amides is 1. The molecule has 0 atom stereocenters. The van der Waals surface area contributed by atoms with E-state index in [0.717, 1.165) is 31.2 Å². The van der Waals surface area contributed by atoms with Crippen LogP contribution >= 0.6 is 0 Å². The fraction of sp³-hybridized carbons (Fsp3) is 0.500. The molecule has 5 heteroatoms. The summed E-state index contributed by atoms with van der Waals surface area (Å²) in [6.07, 6.45) is 3.07. The highest BCUT2D eigenvalue weighted by Gasteiger charge is 2.66. The zero-order chi connectivity index (χ0) is 14.4. The Kier molecular flexibility index (Phi) is 2.71. The molecule has 0 bridgehead atoms. The Morgan fingerprint density at radius 3 is 2.24 bits per heavy atom. The molecule has 0 aromatic heterocycles. The average Bonchev–Trinajstić information content (AvgIpc) is 3.36. The molecule has 3 fully saturated rings. The molecule has 4 rings (SSSR count). The van der Waals surface area contributed by atoms with Crippen molar-refractivity contribution in [2.45, 2.75) is 37.8 Å². The van der Waals surface area contributed by atoms with Crippen LogP contribution in [0.3, 0.4) is 0 Å². The van der Waals surface area contributed by atoms with Crippen LogP contribution in [0.25, 0.3) is 0 Å². The highest BCUT2D eigenvalue weighted by Crippen LogP contribution is 2.56. The Labute approximate surface area is 122 Å². The Balaban J connectivity index is 1.62. The van der Waals surface area contributed by atoms with E-state index in [9.17, 15) is 9.59 Å². The second kappa shape index (κ2) is 4.48. The number of carbonyl (C=O) groups excluding carboxylic acids is 2. The van der Waals surface area contributed by atoms with Crippen molar-refractivity contribution in [3.8, 4) is 0 Å². The third kappa shape index (κ3) is 2.07. The normalized spacial score (nSPS) is 24.5. The van der Waals surface area contributed by atoms with Crippen LogP contribution in [-0.4, -0.2) is 22.7 Å². The molecule has 1 saturated heterocycles. The predicted octanol–water partition coefficient (Wildman–Crippen LogP) is 2.66. The monoisotopic (exact) mass is 287 g/mol. The lowest BCUT2D eigenvalue weighted by atomic mass is 9.89. The molecule has 1 amide bonds. The molecule has 110 valence electrons. The van der Waals surface area contributed by atoms with Gasteiger partial charge < -0.3 is 9.57 Å². The van der Waals surface area contributed by atoms with E-state index in [1.807, 2.05) is 30.3 Å². The molecule has 3 aliphatic rings. The molecule has 0 unspecified atom stereocenters.